The second-order valence-corrected chi connectivity index (χ2v) is 5.50. The fourth-order valence-corrected chi connectivity index (χ4v) is 2.47. The Balaban J connectivity index is 0.00000109. The molecule has 1 aromatic heterocycles. The number of pyridine rings is 1. The lowest BCUT2D eigenvalue weighted by Gasteiger charge is -2.12. The summed E-state index contributed by atoms with van der Waals surface area (Å²) in [5.74, 6) is 0.642. The van der Waals surface area contributed by atoms with Crippen LogP contribution in [0.5, 0.6) is 5.75 Å². The molecule has 25 heavy (non-hydrogen) atoms. The van der Waals surface area contributed by atoms with Crippen LogP contribution in [0.4, 0.5) is 0 Å². The second kappa shape index (κ2) is 9.48. The summed E-state index contributed by atoms with van der Waals surface area (Å²) in [4.78, 5) is 12.5. The summed E-state index contributed by atoms with van der Waals surface area (Å²) in [6.45, 7) is 6.84. The predicted molar refractivity (Wildman–Crippen MR) is 103 cm³/mol. The van der Waals surface area contributed by atoms with Crippen LogP contribution in [0.3, 0.4) is 0 Å². The highest BCUT2D eigenvalue weighted by Gasteiger charge is 2.07. The zero-order valence-corrected chi connectivity index (χ0v) is 15.1. The Morgan fingerprint density at radius 1 is 0.840 bits per heavy atom. The Bertz CT molecular complexity index is 824. The van der Waals surface area contributed by atoms with Gasteiger partial charge in [-0.3, -0.25) is 4.79 Å². The van der Waals surface area contributed by atoms with Crippen molar-refractivity contribution in [2.24, 2.45) is 0 Å². The van der Waals surface area contributed by atoms with Crippen LogP contribution in [0.15, 0.2) is 77.7 Å². The molecule has 0 N–H and O–H groups in total. The highest BCUT2D eigenvalue weighted by atomic mass is 16.5. The summed E-state index contributed by atoms with van der Waals surface area (Å²) in [7, 11) is 0. The van der Waals surface area contributed by atoms with Crippen LogP contribution in [0, 0.1) is 6.92 Å². The van der Waals surface area contributed by atoms with E-state index in [1.165, 1.54) is 0 Å². The van der Waals surface area contributed by atoms with Crippen LogP contribution in [-0.2, 0) is 13.2 Å². The van der Waals surface area contributed by atoms with E-state index in [4.69, 9.17) is 4.74 Å². The van der Waals surface area contributed by atoms with Gasteiger partial charge in [-0.2, -0.15) is 0 Å². The SMILES string of the molecule is CC.Cc1c(OCc2ccccc2)ccn(Cc2ccccc2)c1=O. The average Bonchev–Trinajstić information content (AvgIpc) is 2.68. The first kappa shape index (κ1) is 18.5. The van der Waals surface area contributed by atoms with Gasteiger partial charge in [0.25, 0.3) is 5.56 Å². The summed E-state index contributed by atoms with van der Waals surface area (Å²) in [6, 6.07) is 21.8. The molecule has 0 spiro atoms. The highest BCUT2D eigenvalue weighted by Crippen LogP contribution is 2.15. The van der Waals surface area contributed by atoms with Crippen molar-refractivity contribution >= 4 is 0 Å². The molecular formula is C22H25NO2. The average molecular weight is 335 g/mol. The smallest absolute Gasteiger partial charge is 0.257 e. The minimum Gasteiger partial charge on any atom is -0.488 e. The highest BCUT2D eigenvalue weighted by molar-refractivity contribution is 5.30. The number of aromatic nitrogens is 1. The van der Waals surface area contributed by atoms with E-state index in [0.717, 1.165) is 11.1 Å². The lowest BCUT2D eigenvalue weighted by Crippen LogP contribution is -2.22. The fourth-order valence-electron chi connectivity index (χ4n) is 2.47. The molecule has 0 aliphatic carbocycles. The normalized spacial score (nSPS) is 9.88. The molecule has 0 atom stereocenters. The zero-order valence-electron chi connectivity index (χ0n) is 15.1. The van der Waals surface area contributed by atoms with Crippen molar-refractivity contribution in [2.75, 3.05) is 0 Å². The Kier molecular flexibility index (Phi) is 7.02. The Morgan fingerprint density at radius 3 is 2.00 bits per heavy atom. The van der Waals surface area contributed by atoms with Gasteiger partial charge in [0.05, 0.1) is 12.1 Å². The van der Waals surface area contributed by atoms with Crippen molar-refractivity contribution in [1.29, 1.82) is 0 Å². The van der Waals surface area contributed by atoms with Gasteiger partial charge in [-0.1, -0.05) is 74.5 Å². The molecule has 0 radical (unpaired) electrons. The summed E-state index contributed by atoms with van der Waals surface area (Å²) in [5.41, 5.74) is 2.81. The first-order valence-electron chi connectivity index (χ1n) is 8.65. The van der Waals surface area contributed by atoms with Crippen LogP contribution < -0.4 is 10.3 Å². The summed E-state index contributed by atoms with van der Waals surface area (Å²) < 4.78 is 7.50. The summed E-state index contributed by atoms with van der Waals surface area (Å²) in [5, 5.41) is 0. The lowest BCUT2D eigenvalue weighted by molar-refractivity contribution is 0.302. The number of benzene rings is 2. The van der Waals surface area contributed by atoms with Crippen molar-refractivity contribution < 1.29 is 4.74 Å². The van der Waals surface area contributed by atoms with E-state index in [2.05, 4.69) is 0 Å². The quantitative estimate of drug-likeness (QED) is 0.670. The minimum absolute atomic E-state index is 0.0144. The molecule has 0 amide bonds. The van der Waals surface area contributed by atoms with E-state index in [1.54, 1.807) is 10.8 Å². The largest absolute Gasteiger partial charge is 0.488 e. The third kappa shape index (κ3) is 5.08. The Morgan fingerprint density at radius 2 is 1.40 bits per heavy atom. The molecular weight excluding hydrogens is 310 g/mol. The van der Waals surface area contributed by atoms with Gasteiger partial charge in [0.1, 0.15) is 12.4 Å². The van der Waals surface area contributed by atoms with E-state index >= 15 is 0 Å². The Labute approximate surface area is 149 Å². The van der Waals surface area contributed by atoms with Crippen LogP contribution in [0.1, 0.15) is 30.5 Å². The standard InChI is InChI=1S/C20H19NO2.C2H6/c1-16-19(23-15-18-10-6-3-7-11-18)12-13-21(20(16)22)14-17-8-4-2-5-9-17;1-2/h2-13H,14-15H2,1H3;1-2H3. The molecule has 0 bridgehead atoms. The van der Waals surface area contributed by atoms with Crippen LogP contribution in [-0.4, -0.2) is 4.57 Å². The van der Waals surface area contributed by atoms with Crippen LogP contribution in [0.2, 0.25) is 0 Å². The zero-order chi connectivity index (χ0) is 18.1. The molecule has 3 heteroatoms. The molecule has 130 valence electrons. The van der Waals surface area contributed by atoms with E-state index in [9.17, 15) is 4.79 Å². The Hall–Kier alpha value is -2.81. The summed E-state index contributed by atoms with van der Waals surface area (Å²) in [6.07, 6.45) is 1.79. The predicted octanol–water partition coefficient (Wildman–Crippen LogP) is 4.81. The monoisotopic (exact) mass is 335 g/mol. The second-order valence-electron chi connectivity index (χ2n) is 5.50. The molecule has 0 unspecified atom stereocenters. The van der Waals surface area contributed by atoms with Gasteiger partial charge in [-0.15, -0.1) is 0 Å². The third-order valence-electron chi connectivity index (χ3n) is 3.79. The molecule has 3 rings (SSSR count). The van der Waals surface area contributed by atoms with Gasteiger partial charge in [0.2, 0.25) is 0 Å². The first-order valence-corrected chi connectivity index (χ1v) is 8.65. The van der Waals surface area contributed by atoms with Crippen molar-refractivity contribution in [3.8, 4) is 5.75 Å². The maximum atomic E-state index is 12.5. The van der Waals surface area contributed by atoms with E-state index in [0.29, 0.717) is 24.5 Å². The molecule has 0 saturated heterocycles. The van der Waals surface area contributed by atoms with Crippen LogP contribution >= 0.6 is 0 Å². The topological polar surface area (TPSA) is 31.2 Å². The molecule has 0 aliphatic rings. The maximum absolute atomic E-state index is 12.5. The van der Waals surface area contributed by atoms with Crippen molar-refractivity contribution in [2.45, 2.75) is 33.9 Å². The molecule has 3 nitrogen and oxygen atoms in total. The molecule has 3 aromatic rings. The number of hydrogen-bond donors (Lipinski definition) is 0. The number of ether oxygens (including phenoxy) is 1. The van der Waals surface area contributed by atoms with Gasteiger partial charge in [-0.25, -0.2) is 0 Å². The van der Waals surface area contributed by atoms with Crippen molar-refractivity contribution in [3.63, 3.8) is 0 Å². The number of hydrogen-bond acceptors (Lipinski definition) is 2. The third-order valence-corrected chi connectivity index (χ3v) is 3.79. The van der Waals surface area contributed by atoms with Crippen LogP contribution in [0.25, 0.3) is 0 Å². The fraction of sp³-hybridized carbons (Fsp3) is 0.227. The van der Waals surface area contributed by atoms with E-state index in [-0.39, 0.29) is 5.56 Å². The van der Waals surface area contributed by atoms with Crippen molar-refractivity contribution in [3.05, 3.63) is 100.0 Å². The van der Waals surface area contributed by atoms with Gasteiger partial charge in [-0.05, 0) is 24.1 Å². The molecule has 1 heterocycles. The van der Waals surface area contributed by atoms with Gasteiger partial charge in [0, 0.05) is 6.20 Å². The molecule has 0 aliphatic heterocycles. The lowest BCUT2D eigenvalue weighted by atomic mass is 10.2. The first-order chi connectivity index (χ1) is 12.2. The van der Waals surface area contributed by atoms with Crippen molar-refractivity contribution in [1.82, 2.24) is 4.57 Å². The number of nitrogens with zero attached hydrogens (tertiary/aromatic N) is 1. The van der Waals surface area contributed by atoms with Gasteiger partial charge in [0.15, 0.2) is 0 Å². The van der Waals surface area contributed by atoms with E-state index < -0.39 is 0 Å². The number of rotatable bonds is 5. The summed E-state index contributed by atoms with van der Waals surface area (Å²) >= 11 is 0. The molecule has 0 fully saturated rings. The molecule has 2 aromatic carbocycles. The van der Waals surface area contributed by atoms with Gasteiger partial charge < -0.3 is 9.30 Å². The van der Waals surface area contributed by atoms with Gasteiger partial charge >= 0.3 is 0 Å². The molecule has 0 saturated carbocycles. The minimum atomic E-state index is -0.0144. The van der Waals surface area contributed by atoms with E-state index in [1.807, 2.05) is 87.5 Å². The maximum Gasteiger partial charge on any atom is 0.257 e.